The van der Waals surface area contributed by atoms with Crippen LogP contribution in [0.25, 0.3) is 0 Å². The number of hydrogen-bond donors (Lipinski definition) is 0. The van der Waals surface area contributed by atoms with E-state index in [9.17, 15) is 9.59 Å². The predicted octanol–water partition coefficient (Wildman–Crippen LogP) is 5.25. The van der Waals surface area contributed by atoms with Gasteiger partial charge in [0.05, 0.1) is 25.8 Å². The predicted molar refractivity (Wildman–Crippen MR) is 137 cm³/mol. The van der Waals surface area contributed by atoms with Crippen molar-refractivity contribution in [1.82, 2.24) is 9.80 Å². The zero-order valence-corrected chi connectivity index (χ0v) is 21.2. The maximum absolute atomic E-state index is 13.6. The van der Waals surface area contributed by atoms with Crippen LogP contribution >= 0.6 is 0 Å². The largest absolute Gasteiger partial charge is 0.465 e. The summed E-state index contributed by atoms with van der Waals surface area (Å²) in [6.45, 7) is 8.05. The quantitative estimate of drug-likeness (QED) is 0.334. The van der Waals surface area contributed by atoms with Crippen LogP contribution in [0.2, 0.25) is 0 Å². The number of aryl methyl sites for hydroxylation is 1. The molecule has 1 aromatic heterocycles. The number of methoxy groups -OCH3 is 1. The minimum absolute atomic E-state index is 0.0550. The van der Waals surface area contributed by atoms with Crippen LogP contribution in [0.3, 0.4) is 0 Å². The Morgan fingerprint density at radius 1 is 0.971 bits per heavy atom. The zero-order chi connectivity index (χ0) is 25.2. The highest BCUT2D eigenvalue weighted by atomic mass is 16.5. The van der Waals surface area contributed by atoms with Crippen molar-refractivity contribution in [1.29, 1.82) is 0 Å². The van der Waals surface area contributed by atoms with E-state index in [0.29, 0.717) is 25.2 Å². The van der Waals surface area contributed by atoms with E-state index >= 15 is 0 Å². The smallest absolute Gasteiger partial charge is 0.337 e. The van der Waals surface area contributed by atoms with E-state index in [1.807, 2.05) is 60.4 Å². The summed E-state index contributed by atoms with van der Waals surface area (Å²) < 4.78 is 10.6. The van der Waals surface area contributed by atoms with E-state index in [-0.39, 0.29) is 24.5 Å². The number of ether oxygens (including phenoxy) is 1. The van der Waals surface area contributed by atoms with Gasteiger partial charge >= 0.3 is 5.97 Å². The number of esters is 1. The number of rotatable bonds is 12. The molecule has 1 atom stereocenters. The number of nitrogens with zero attached hydrogens (tertiary/aromatic N) is 2. The molecule has 0 saturated heterocycles. The zero-order valence-electron chi connectivity index (χ0n) is 21.2. The molecule has 0 aliphatic rings. The first-order valence-electron chi connectivity index (χ1n) is 12.2. The average Bonchev–Trinajstić information content (AvgIpc) is 3.30. The van der Waals surface area contributed by atoms with E-state index < -0.39 is 0 Å². The maximum Gasteiger partial charge on any atom is 0.337 e. The lowest BCUT2D eigenvalue weighted by atomic mass is 10.1. The Balaban J connectivity index is 1.75. The lowest BCUT2D eigenvalue weighted by Crippen LogP contribution is -2.43. The molecule has 0 aliphatic carbocycles. The van der Waals surface area contributed by atoms with Gasteiger partial charge in [0, 0.05) is 19.1 Å². The fourth-order valence-electron chi connectivity index (χ4n) is 4.01. The van der Waals surface area contributed by atoms with Crippen LogP contribution in [-0.2, 0) is 29.0 Å². The third kappa shape index (κ3) is 7.82. The van der Waals surface area contributed by atoms with Gasteiger partial charge in [0.25, 0.3) is 0 Å². The molecule has 1 heterocycles. The first kappa shape index (κ1) is 26.2. The highest BCUT2D eigenvalue weighted by Crippen LogP contribution is 2.16. The SMILES string of the molecule is CCC(C)N(CC(=O)N(CCc1ccccc1)Cc1ccc(C)o1)Cc1cccc(C(=O)OC)c1. The summed E-state index contributed by atoms with van der Waals surface area (Å²) in [6.07, 6.45) is 1.68. The molecule has 1 unspecified atom stereocenters. The molecule has 0 N–H and O–H groups in total. The molecule has 0 fully saturated rings. The van der Waals surface area contributed by atoms with Crippen molar-refractivity contribution in [2.24, 2.45) is 0 Å². The molecular weight excluding hydrogens is 440 g/mol. The standard InChI is InChI=1S/C29H36N2O4/c1-5-22(2)31(19-25-12-9-13-26(18-25)29(33)34-4)21-28(32)30(20-27-15-14-23(3)35-27)17-16-24-10-7-6-8-11-24/h6-15,18,22H,5,16-17,19-21H2,1-4H3. The number of benzene rings is 2. The molecule has 1 amide bonds. The third-order valence-corrected chi connectivity index (χ3v) is 6.29. The highest BCUT2D eigenvalue weighted by Gasteiger charge is 2.22. The monoisotopic (exact) mass is 476 g/mol. The Hall–Kier alpha value is -3.38. The van der Waals surface area contributed by atoms with Gasteiger partial charge in [-0.05, 0) is 62.1 Å². The second kappa shape index (κ2) is 12.9. The van der Waals surface area contributed by atoms with E-state index in [2.05, 4.69) is 30.9 Å². The summed E-state index contributed by atoms with van der Waals surface area (Å²) in [5.41, 5.74) is 2.68. The molecule has 0 radical (unpaired) electrons. The molecule has 0 bridgehead atoms. The Morgan fingerprint density at radius 2 is 1.71 bits per heavy atom. The van der Waals surface area contributed by atoms with Crippen LogP contribution in [0, 0.1) is 6.92 Å². The van der Waals surface area contributed by atoms with Crippen LogP contribution in [0.4, 0.5) is 0 Å². The van der Waals surface area contributed by atoms with Crippen LogP contribution in [0.5, 0.6) is 0 Å². The van der Waals surface area contributed by atoms with E-state index in [4.69, 9.17) is 9.15 Å². The van der Waals surface area contributed by atoms with E-state index in [0.717, 1.165) is 29.9 Å². The number of carbonyl (C=O) groups is 2. The van der Waals surface area contributed by atoms with Crippen molar-refractivity contribution in [2.75, 3.05) is 20.2 Å². The first-order chi connectivity index (χ1) is 16.9. The second-order valence-electron chi connectivity index (χ2n) is 8.92. The van der Waals surface area contributed by atoms with Gasteiger partial charge in [-0.1, -0.05) is 49.4 Å². The van der Waals surface area contributed by atoms with E-state index in [1.165, 1.54) is 12.7 Å². The van der Waals surface area contributed by atoms with Crippen molar-refractivity contribution >= 4 is 11.9 Å². The molecule has 186 valence electrons. The molecule has 3 aromatic rings. The summed E-state index contributed by atoms with van der Waals surface area (Å²) in [5.74, 6) is 1.31. The van der Waals surface area contributed by atoms with Crippen LogP contribution in [0.1, 0.15) is 53.3 Å². The summed E-state index contributed by atoms with van der Waals surface area (Å²) in [6, 6.07) is 21.7. The van der Waals surface area contributed by atoms with Crippen LogP contribution < -0.4 is 0 Å². The summed E-state index contributed by atoms with van der Waals surface area (Å²) in [7, 11) is 1.38. The summed E-state index contributed by atoms with van der Waals surface area (Å²) in [4.78, 5) is 29.6. The topological polar surface area (TPSA) is 63.0 Å². The van der Waals surface area contributed by atoms with Crippen molar-refractivity contribution in [3.05, 3.63) is 94.9 Å². The van der Waals surface area contributed by atoms with Crippen molar-refractivity contribution in [3.63, 3.8) is 0 Å². The van der Waals surface area contributed by atoms with Gasteiger partial charge in [-0.15, -0.1) is 0 Å². The molecular formula is C29H36N2O4. The van der Waals surface area contributed by atoms with Crippen LogP contribution in [-0.4, -0.2) is 47.9 Å². The molecule has 6 nitrogen and oxygen atoms in total. The highest BCUT2D eigenvalue weighted by molar-refractivity contribution is 5.89. The minimum Gasteiger partial charge on any atom is -0.465 e. The fourth-order valence-corrected chi connectivity index (χ4v) is 4.01. The Labute approximate surface area is 208 Å². The summed E-state index contributed by atoms with van der Waals surface area (Å²) in [5, 5.41) is 0. The van der Waals surface area contributed by atoms with Crippen molar-refractivity contribution in [2.45, 2.75) is 52.7 Å². The lowest BCUT2D eigenvalue weighted by molar-refractivity contribution is -0.134. The molecule has 6 heteroatoms. The van der Waals surface area contributed by atoms with Crippen molar-refractivity contribution < 1.29 is 18.7 Å². The van der Waals surface area contributed by atoms with Gasteiger partial charge in [0.2, 0.25) is 5.91 Å². The van der Waals surface area contributed by atoms with Gasteiger partial charge in [-0.2, -0.15) is 0 Å². The lowest BCUT2D eigenvalue weighted by Gasteiger charge is -2.31. The molecule has 0 spiro atoms. The summed E-state index contributed by atoms with van der Waals surface area (Å²) >= 11 is 0. The average molecular weight is 477 g/mol. The van der Waals surface area contributed by atoms with Crippen molar-refractivity contribution in [3.8, 4) is 0 Å². The van der Waals surface area contributed by atoms with Crippen LogP contribution in [0.15, 0.2) is 71.1 Å². The number of hydrogen-bond acceptors (Lipinski definition) is 5. The third-order valence-electron chi connectivity index (χ3n) is 6.29. The molecule has 2 aromatic carbocycles. The molecule has 35 heavy (non-hydrogen) atoms. The fraction of sp³-hybridized carbons (Fsp3) is 0.379. The Bertz CT molecular complexity index is 1090. The van der Waals surface area contributed by atoms with Gasteiger partial charge in [-0.25, -0.2) is 4.79 Å². The number of amides is 1. The maximum atomic E-state index is 13.6. The second-order valence-corrected chi connectivity index (χ2v) is 8.92. The number of furan rings is 1. The van der Waals surface area contributed by atoms with Gasteiger partial charge in [0.15, 0.2) is 0 Å². The van der Waals surface area contributed by atoms with Gasteiger partial charge in [-0.3, -0.25) is 9.69 Å². The van der Waals surface area contributed by atoms with Gasteiger partial charge in [0.1, 0.15) is 11.5 Å². The first-order valence-corrected chi connectivity index (χ1v) is 12.2. The molecule has 0 saturated carbocycles. The normalized spacial score (nSPS) is 11.9. The molecule has 0 aliphatic heterocycles. The molecule has 3 rings (SSSR count). The Morgan fingerprint density at radius 3 is 2.37 bits per heavy atom. The Kier molecular flexibility index (Phi) is 9.67. The minimum atomic E-state index is -0.362. The van der Waals surface area contributed by atoms with Gasteiger partial charge < -0.3 is 14.1 Å². The number of carbonyl (C=O) groups excluding carboxylic acids is 2. The van der Waals surface area contributed by atoms with E-state index in [1.54, 1.807) is 6.07 Å².